The zero-order valence-corrected chi connectivity index (χ0v) is 10.4. The van der Waals surface area contributed by atoms with Gasteiger partial charge in [-0.1, -0.05) is 5.16 Å². The monoisotopic (exact) mass is 247 g/mol. The van der Waals surface area contributed by atoms with E-state index in [1.54, 1.807) is 0 Å². The van der Waals surface area contributed by atoms with Crippen LogP contribution in [0.4, 0.5) is 0 Å². The molecule has 0 bridgehead atoms. The normalized spacial score (nSPS) is 19.7. The summed E-state index contributed by atoms with van der Waals surface area (Å²) < 4.78 is 10.5. The predicted octanol–water partition coefficient (Wildman–Crippen LogP) is 1.93. The Morgan fingerprint density at radius 3 is 2.75 bits per heavy atom. The smallest absolute Gasteiger partial charge is 0.255 e. The quantitative estimate of drug-likeness (QED) is 0.880. The van der Waals surface area contributed by atoms with Gasteiger partial charge < -0.3 is 15.0 Å². The van der Waals surface area contributed by atoms with Crippen molar-refractivity contribution in [2.45, 2.75) is 44.8 Å². The van der Waals surface area contributed by atoms with Crippen LogP contribution in [0.3, 0.4) is 0 Å². The second-order valence-corrected chi connectivity index (χ2v) is 4.06. The third-order valence-electron chi connectivity index (χ3n) is 2.90. The van der Waals surface area contributed by atoms with Crippen LogP contribution in [-0.4, -0.2) is 16.7 Å². The van der Waals surface area contributed by atoms with E-state index in [4.69, 9.17) is 15.0 Å². The summed E-state index contributed by atoms with van der Waals surface area (Å²) in [4.78, 5) is 4.29. The molecule has 0 spiro atoms. The highest BCUT2D eigenvalue weighted by molar-refractivity contribution is 5.85. The minimum absolute atomic E-state index is 0. The molecule has 1 aromatic heterocycles. The average molecular weight is 248 g/mol. The molecule has 0 radical (unpaired) electrons. The maximum absolute atomic E-state index is 6.09. The van der Waals surface area contributed by atoms with Crippen LogP contribution in [0.5, 0.6) is 0 Å². The van der Waals surface area contributed by atoms with Gasteiger partial charge in [0, 0.05) is 6.61 Å². The number of halogens is 1. The molecule has 1 aliphatic rings. The van der Waals surface area contributed by atoms with Gasteiger partial charge in [0.15, 0.2) is 5.82 Å². The molecule has 1 unspecified atom stereocenters. The van der Waals surface area contributed by atoms with Crippen molar-refractivity contribution in [1.82, 2.24) is 10.1 Å². The number of ether oxygens (including phenoxy) is 1. The first-order valence-electron chi connectivity index (χ1n) is 5.40. The van der Waals surface area contributed by atoms with Gasteiger partial charge in [-0.05, 0) is 33.1 Å². The van der Waals surface area contributed by atoms with Crippen LogP contribution in [0.25, 0.3) is 0 Å². The first kappa shape index (κ1) is 13.4. The van der Waals surface area contributed by atoms with E-state index >= 15 is 0 Å². The summed E-state index contributed by atoms with van der Waals surface area (Å²) in [6, 6.07) is 0. The Bertz CT molecular complexity index is 339. The molecule has 1 aromatic rings. The van der Waals surface area contributed by atoms with Crippen LogP contribution >= 0.6 is 12.4 Å². The van der Waals surface area contributed by atoms with Gasteiger partial charge in [0.2, 0.25) is 0 Å². The fraction of sp³-hybridized carbons (Fsp3) is 0.800. The molecule has 16 heavy (non-hydrogen) atoms. The van der Waals surface area contributed by atoms with Crippen molar-refractivity contribution in [3.63, 3.8) is 0 Å². The van der Waals surface area contributed by atoms with Crippen molar-refractivity contribution in [2.24, 2.45) is 5.73 Å². The number of rotatable bonds is 4. The molecule has 6 heteroatoms. The fourth-order valence-corrected chi connectivity index (χ4v) is 1.71. The number of nitrogens with two attached hydrogens (primary N) is 1. The summed E-state index contributed by atoms with van der Waals surface area (Å²) in [5.74, 6) is 1.14. The van der Waals surface area contributed by atoms with E-state index in [1.807, 2.05) is 13.8 Å². The lowest BCUT2D eigenvalue weighted by Gasteiger charge is -2.34. The minimum Gasteiger partial charge on any atom is -0.369 e. The highest BCUT2D eigenvalue weighted by Gasteiger charge is 2.39. The Kier molecular flexibility index (Phi) is 4.29. The van der Waals surface area contributed by atoms with Gasteiger partial charge in [-0.15, -0.1) is 12.4 Å². The third kappa shape index (κ3) is 2.36. The summed E-state index contributed by atoms with van der Waals surface area (Å²) in [5.41, 5.74) is 5.73. The van der Waals surface area contributed by atoms with E-state index in [2.05, 4.69) is 10.1 Å². The SMILES string of the molecule is CCOC(C)c1nc(C2(N)CCC2)no1.Cl. The first-order chi connectivity index (χ1) is 7.15. The summed E-state index contributed by atoms with van der Waals surface area (Å²) in [7, 11) is 0. The van der Waals surface area contributed by atoms with Crippen molar-refractivity contribution in [2.75, 3.05) is 6.61 Å². The zero-order valence-electron chi connectivity index (χ0n) is 9.60. The molecule has 0 aromatic carbocycles. The Morgan fingerprint density at radius 2 is 2.25 bits per heavy atom. The number of hydrogen-bond donors (Lipinski definition) is 1. The van der Waals surface area contributed by atoms with Crippen LogP contribution in [0.15, 0.2) is 4.52 Å². The van der Waals surface area contributed by atoms with Crippen LogP contribution < -0.4 is 5.73 Å². The van der Waals surface area contributed by atoms with Gasteiger partial charge in [0.05, 0.1) is 5.54 Å². The average Bonchev–Trinajstić information content (AvgIpc) is 2.63. The predicted molar refractivity (Wildman–Crippen MR) is 61.3 cm³/mol. The number of nitrogens with zero attached hydrogens (tertiary/aromatic N) is 2. The van der Waals surface area contributed by atoms with Crippen molar-refractivity contribution in [3.05, 3.63) is 11.7 Å². The molecule has 1 atom stereocenters. The highest BCUT2D eigenvalue weighted by atomic mass is 35.5. The lowest BCUT2D eigenvalue weighted by Crippen LogP contribution is -2.44. The van der Waals surface area contributed by atoms with Crippen molar-refractivity contribution in [3.8, 4) is 0 Å². The van der Waals surface area contributed by atoms with E-state index in [1.165, 1.54) is 0 Å². The molecule has 2 N–H and O–H groups in total. The van der Waals surface area contributed by atoms with E-state index in [9.17, 15) is 0 Å². The van der Waals surface area contributed by atoms with Crippen LogP contribution in [0.2, 0.25) is 0 Å². The summed E-state index contributed by atoms with van der Waals surface area (Å²) in [6.45, 7) is 4.46. The molecule has 1 heterocycles. The molecule has 0 amide bonds. The molecule has 5 nitrogen and oxygen atoms in total. The zero-order chi connectivity index (χ0) is 10.9. The maximum Gasteiger partial charge on any atom is 0.255 e. The highest BCUT2D eigenvalue weighted by Crippen LogP contribution is 2.37. The largest absolute Gasteiger partial charge is 0.369 e. The van der Waals surface area contributed by atoms with E-state index in [0.717, 1.165) is 19.3 Å². The lowest BCUT2D eigenvalue weighted by molar-refractivity contribution is 0.0519. The van der Waals surface area contributed by atoms with Crippen molar-refractivity contribution < 1.29 is 9.26 Å². The van der Waals surface area contributed by atoms with E-state index < -0.39 is 0 Å². The molecular weight excluding hydrogens is 230 g/mol. The van der Waals surface area contributed by atoms with E-state index in [0.29, 0.717) is 18.3 Å². The molecule has 0 aliphatic heterocycles. The van der Waals surface area contributed by atoms with Crippen molar-refractivity contribution in [1.29, 1.82) is 0 Å². The van der Waals surface area contributed by atoms with Crippen LogP contribution in [0.1, 0.15) is 50.9 Å². The minimum atomic E-state index is -0.353. The third-order valence-corrected chi connectivity index (χ3v) is 2.90. The Hall–Kier alpha value is -0.650. The second-order valence-electron chi connectivity index (χ2n) is 4.06. The van der Waals surface area contributed by atoms with Gasteiger partial charge in [-0.3, -0.25) is 0 Å². The van der Waals surface area contributed by atoms with Gasteiger partial charge in [-0.25, -0.2) is 0 Å². The molecule has 92 valence electrons. The molecule has 0 saturated heterocycles. The molecule has 1 fully saturated rings. The molecule has 1 aliphatic carbocycles. The van der Waals surface area contributed by atoms with Crippen LogP contribution in [0, 0.1) is 0 Å². The number of hydrogen-bond acceptors (Lipinski definition) is 5. The molecule has 2 rings (SSSR count). The maximum atomic E-state index is 6.09. The van der Waals surface area contributed by atoms with Gasteiger partial charge in [-0.2, -0.15) is 4.98 Å². The Balaban J connectivity index is 0.00000128. The molecule has 1 saturated carbocycles. The fourth-order valence-electron chi connectivity index (χ4n) is 1.71. The lowest BCUT2D eigenvalue weighted by atomic mass is 9.77. The topological polar surface area (TPSA) is 74.2 Å². The molecular formula is C10H18ClN3O2. The first-order valence-corrected chi connectivity index (χ1v) is 5.40. The standard InChI is InChI=1S/C10H17N3O2.ClH/c1-3-14-7(2)8-12-9(13-15-8)10(11)5-4-6-10;/h7H,3-6,11H2,1-2H3;1H. The van der Waals surface area contributed by atoms with Crippen LogP contribution in [-0.2, 0) is 10.3 Å². The van der Waals surface area contributed by atoms with Gasteiger partial charge >= 0.3 is 0 Å². The van der Waals surface area contributed by atoms with Gasteiger partial charge in [0.1, 0.15) is 6.10 Å². The Labute approximate surface area is 101 Å². The summed E-state index contributed by atoms with van der Waals surface area (Å²) in [6.07, 6.45) is 2.87. The van der Waals surface area contributed by atoms with Gasteiger partial charge in [0.25, 0.3) is 5.89 Å². The second kappa shape index (κ2) is 5.12. The van der Waals surface area contributed by atoms with Crippen molar-refractivity contribution >= 4 is 12.4 Å². The number of aromatic nitrogens is 2. The summed E-state index contributed by atoms with van der Waals surface area (Å²) in [5, 5.41) is 3.92. The summed E-state index contributed by atoms with van der Waals surface area (Å²) >= 11 is 0. The Morgan fingerprint density at radius 1 is 1.56 bits per heavy atom. The van der Waals surface area contributed by atoms with E-state index in [-0.39, 0.29) is 24.0 Å².